The van der Waals surface area contributed by atoms with Gasteiger partial charge >= 0.3 is 5.97 Å². The summed E-state index contributed by atoms with van der Waals surface area (Å²) in [6, 6.07) is 9.96. The van der Waals surface area contributed by atoms with Crippen molar-refractivity contribution in [3.8, 4) is 5.75 Å². The Kier molecular flexibility index (Phi) is 8.32. The van der Waals surface area contributed by atoms with Gasteiger partial charge in [0.25, 0.3) is 12.3 Å². The molecular formula is C32H33ClF2N4O5. The molecule has 1 aromatic heterocycles. The number of aromatic nitrogens is 2. The third-order valence-corrected chi connectivity index (χ3v) is 9.53. The number of hydrogen-bond acceptors (Lipinski definition) is 5. The topological polar surface area (TPSA) is 105 Å². The van der Waals surface area contributed by atoms with Crippen LogP contribution < -0.4 is 4.74 Å². The molecule has 2 aromatic carbocycles. The van der Waals surface area contributed by atoms with Gasteiger partial charge in [0.15, 0.2) is 0 Å². The van der Waals surface area contributed by atoms with E-state index < -0.39 is 30.3 Å². The highest BCUT2D eigenvalue weighted by atomic mass is 35.5. The van der Waals surface area contributed by atoms with Crippen LogP contribution in [0.1, 0.15) is 76.6 Å². The molecule has 6 rings (SSSR count). The zero-order valence-electron chi connectivity index (χ0n) is 24.2. The molecule has 0 radical (unpaired) electrons. The maximum absolute atomic E-state index is 14.2. The van der Waals surface area contributed by atoms with Gasteiger partial charge in [0, 0.05) is 42.8 Å². The summed E-state index contributed by atoms with van der Waals surface area (Å²) < 4.78 is 34.9. The molecule has 1 fully saturated rings. The molecule has 12 heteroatoms. The number of hydrogen-bond donors (Lipinski definition) is 1. The predicted molar refractivity (Wildman–Crippen MR) is 156 cm³/mol. The normalized spacial score (nSPS) is 21.4. The molecule has 0 spiro atoms. The van der Waals surface area contributed by atoms with Crippen LogP contribution >= 0.6 is 11.6 Å². The summed E-state index contributed by atoms with van der Waals surface area (Å²) in [7, 11) is 1.49. The highest BCUT2D eigenvalue weighted by molar-refractivity contribution is 6.31. The third-order valence-electron chi connectivity index (χ3n) is 9.18. The zero-order chi connectivity index (χ0) is 31.1. The summed E-state index contributed by atoms with van der Waals surface area (Å²) in [5, 5.41) is 10.4. The minimum absolute atomic E-state index is 0.0863. The minimum Gasteiger partial charge on any atom is -0.487 e. The molecule has 0 saturated heterocycles. The summed E-state index contributed by atoms with van der Waals surface area (Å²) in [6.45, 7) is 0.520. The summed E-state index contributed by atoms with van der Waals surface area (Å²) in [6.07, 6.45) is 1.34. The SMILES string of the molecule is Cn1cnc(COc2ccc(Cl)c3c2[C@@H](CN2Cc4ccccc4C2=O)N(C(=O)C2CCCC[C@H]2C(=O)O)CC3)c1C(F)F. The highest BCUT2D eigenvalue weighted by Gasteiger charge is 2.44. The van der Waals surface area contributed by atoms with Crippen LogP contribution in [0.3, 0.4) is 0 Å². The number of ether oxygens (including phenoxy) is 1. The number of carbonyl (C=O) groups excluding carboxylic acids is 2. The van der Waals surface area contributed by atoms with Crippen LogP contribution in [-0.2, 0) is 36.2 Å². The Balaban J connectivity index is 1.39. The van der Waals surface area contributed by atoms with Crippen LogP contribution in [0.5, 0.6) is 5.75 Å². The molecule has 1 aliphatic carbocycles. The van der Waals surface area contributed by atoms with Crippen molar-refractivity contribution >= 4 is 29.4 Å². The summed E-state index contributed by atoms with van der Waals surface area (Å²) in [5.74, 6) is -2.56. The molecular weight excluding hydrogens is 594 g/mol. The number of carbonyl (C=O) groups is 3. The maximum atomic E-state index is 14.2. The summed E-state index contributed by atoms with van der Waals surface area (Å²) in [4.78, 5) is 47.3. The number of amides is 2. The van der Waals surface area contributed by atoms with E-state index in [0.29, 0.717) is 47.7 Å². The number of imidazole rings is 1. The van der Waals surface area contributed by atoms with E-state index in [4.69, 9.17) is 16.3 Å². The monoisotopic (exact) mass is 626 g/mol. The summed E-state index contributed by atoms with van der Waals surface area (Å²) >= 11 is 6.69. The van der Waals surface area contributed by atoms with Gasteiger partial charge in [-0.3, -0.25) is 14.4 Å². The van der Waals surface area contributed by atoms with E-state index in [1.54, 1.807) is 34.1 Å². The molecule has 3 aliphatic rings. The van der Waals surface area contributed by atoms with Crippen LogP contribution in [0.2, 0.25) is 5.02 Å². The fourth-order valence-electron chi connectivity index (χ4n) is 6.99. The smallest absolute Gasteiger partial charge is 0.307 e. The Morgan fingerprint density at radius 3 is 2.61 bits per heavy atom. The Labute approximate surface area is 258 Å². The number of aliphatic carboxylic acids is 1. The van der Waals surface area contributed by atoms with E-state index in [1.807, 2.05) is 12.1 Å². The van der Waals surface area contributed by atoms with Gasteiger partial charge in [-0.1, -0.05) is 42.6 Å². The molecule has 1 saturated carbocycles. The molecule has 0 bridgehead atoms. The van der Waals surface area contributed by atoms with Crippen molar-refractivity contribution < 1.29 is 33.0 Å². The predicted octanol–water partition coefficient (Wildman–Crippen LogP) is 5.56. The lowest BCUT2D eigenvalue weighted by atomic mass is 9.77. The molecule has 44 heavy (non-hydrogen) atoms. The lowest BCUT2D eigenvalue weighted by molar-refractivity contribution is -0.153. The molecule has 2 amide bonds. The second-order valence-corrected chi connectivity index (χ2v) is 12.1. The lowest BCUT2D eigenvalue weighted by Gasteiger charge is -2.43. The van der Waals surface area contributed by atoms with Crippen LogP contribution in [0.15, 0.2) is 42.7 Å². The molecule has 3 atom stereocenters. The number of alkyl halides is 2. The average molecular weight is 627 g/mol. The number of nitrogens with zero attached hydrogens (tertiary/aromatic N) is 4. The van der Waals surface area contributed by atoms with Gasteiger partial charge in [-0.2, -0.15) is 0 Å². The van der Waals surface area contributed by atoms with Crippen molar-refractivity contribution in [1.29, 1.82) is 0 Å². The van der Waals surface area contributed by atoms with Crippen molar-refractivity contribution in [3.63, 3.8) is 0 Å². The zero-order valence-corrected chi connectivity index (χ0v) is 25.0. The van der Waals surface area contributed by atoms with Crippen LogP contribution in [-0.4, -0.2) is 55.3 Å². The Morgan fingerprint density at radius 2 is 1.89 bits per heavy atom. The van der Waals surface area contributed by atoms with E-state index in [2.05, 4.69) is 4.98 Å². The van der Waals surface area contributed by atoms with E-state index in [-0.39, 0.29) is 42.9 Å². The minimum atomic E-state index is -2.75. The number of carboxylic acid groups (broad SMARTS) is 1. The lowest BCUT2D eigenvalue weighted by Crippen LogP contribution is -2.50. The van der Waals surface area contributed by atoms with E-state index in [0.717, 1.165) is 24.0 Å². The van der Waals surface area contributed by atoms with E-state index in [1.165, 1.54) is 17.9 Å². The second-order valence-electron chi connectivity index (χ2n) is 11.7. The number of carboxylic acids is 1. The molecule has 3 aromatic rings. The van der Waals surface area contributed by atoms with Crippen LogP contribution in [0.25, 0.3) is 0 Å². The van der Waals surface area contributed by atoms with Gasteiger partial charge in [-0.25, -0.2) is 13.8 Å². The van der Waals surface area contributed by atoms with Gasteiger partial charge in [0.05, 0.1) is 24.2 Å². The standard InChI is InChI=1S/C32H33ClF2N4O5/c1-37-17-36-24(28(37)29(34)35)16-44-26-11-10-23(33)22-12-13-39(31(41)20-8-4-5-9-21(20)32(42)43)25(27(22)26)15-38-14-18-6-2-3-7-19(18)30(38)40/h2-3,6-7,10-11,17,20-21,25,29H,4-5,8-9,12-16H2,1H3,(H,42,43)/t20?,21-,25-/m1/s1. The number of benzene rings is 2. The van der Waals surface area contributed by atoms with Gasteiger partial charge in [-0.15, -0.1) is 0 Å². The Morgan fingerprint density at radius 1 is 1.14 bits per heavy atom. The molecule has 9 nitrogen and oxygen atoms in total. The average Bonchev–Trinajstić information content (AvgIpc) is 3.55. The van der Waals surface area contributed by atoms with Crippen molar-refractivity contribution in [2.75, 3.05) is 13.1 Å². The molecule has 2 aliphatic heterocycles. The first kappa shape index (κ1) is 30.1. The van der Waals surface area contributed by atoms with Crippen molar-refractivity contribution in [2.24, 2.45) is 18.9 Å². The fraction of sp³-hybridized carbons (Fsp3) is 0.438. The molecule has 1 N–H and O–H groups in total. The van der Waals surface area contributed by atoms with Crippen molar-refractivity contribution in [3.05, 3.63) is 81.4 Å². The highest BCUT2D eigenvalue weighted by Crippen LogP contribution is 2.44. The first-order valence-electron chi connectivity index (χ1n) is 14.8. The number of halogens is 3. The largest absolute Gasteiger partial charge is 0.487 e. The Bertz CT molecular complexity index is 1610. The van der Waals surface area contributed by atoms with Crippen molar-refractivity contribution in [1.82, 2.24) is 19.4 Å². The molecule has 232 valence electrons. The maximum Gasteiger partial charge on any atom is 0.307 e. The molecule has 3 heterocycles. The first-order valence-corrected chi connectivity index (χ1v) is 15.2. The quantitative estimate of drug-likeness (QED) is 0.351. The number of rotatable bonds is 8. The first-order chi connectivity index (χ1) is 21.2. The van der Waals surface area contributed by atoms with E-state index in [9.17, 15) is 28.3 Å². The molecule has 1 unspecified atom stereocenters. The number of aryl methyl sites for hydroxylation is 1. The van der Waals surface area contributed by atoms with E-state index >= 15 is 0 Å². The fourth-order valence-corrected chi connectivity index (χ4v) is 7.25. The number of fused-ring (bicyclic) bond motifs is 2. The Hall–Kier alpha value is -3.99. The van der Waals surface area contributed by atoms with Crippen LogP contribution in [0.4, 0.5) is 8.78 Å². The van der Waals surface area contributed by atoms with Crippen molar-refractivity contribution in [2.45, 2.75) is 57.7 Å². The van der Waals surface area contributed by atoms with Gasteiger partial charge in [0.1, 0.15) is 23.7 Å². The van der Waals surface area contributed by atoms with Crippen LogP contribution in [0, 0.1) is 11.8 Å². The van der Waals surface area contributed by atoms with Gasteiger partial charge in [0.2, 0.25) is 5.91 Å². The van der Waals surface area contributed by atoms with Gasteiger partial charge < -0.3 is 24.2 Å². The second kappa shape index (κ2) is 12.2. The van der Waals surface area contributed by atoms with Gasteiger partial charge in [-0.05, 0) is 48.6 Å². The summed E-state index contributed by atoms with van der Waals surface area (Å²) in [5.41, 5.74) is 2.65. The third kappa shape index (κ3) is 5.42.